The fraction of sp³-hybridized carbons (Fsp3) is 0.364. The number of aliphatic carboxylic acids is 1. The summed E-state index contributed by atoms with van der Waals surface area (Å²) in [4.78, 5) is 10.9. The fourth-order valence-corrected chi connectivity index (χ4v) is 3.73. The van der Waals surface area contributed by atoms with Crippen molar-refractivity contribution in [3.8, 4) is 11.5 Å². The molecule has 96 valence electrons. The van der Waals surface area contributed by atoms with Crippen LogP contribution in [0.25, 0.3) is 0 Å². The minimum Gasteiger partial charge on any atom is -0.480 e. The molecule has 0 aromatic heterocycles. The highest BCUT2D eigenvalue weighted by molar-refractivity contribution is 9.10. The second-order valence-corrected chi connectivity index (χ2v) is 6.00. The Morgan fingerprint density at radius 2 is 2.33 bits per heavy atom. The first kappa shape index (κ1) is 12.1. The van der Waals surface area contributed by atoms with E-state index in [-0.39, 0.29) is 12.2 Å². The third-order valence-electron chi connectivity index (χ3n) is 2.83. The molecular weight excluding hydrogens is 322 g/mol. The minimum atomic E-state index is -0.815. The van der Waals surface area contributed by atoms with Crippen molar-refractivity contribution in [3.63, 3.8) is 0 Å². The van der Waals surface area contributed by atoms with E-state index in [4.69, 9.17) is 14.6 Å². The van der Waals surface area contributed by atoms with Crippen LogP contribution in [0.4, 0.5) is 0 Å². The number of ether oxygens (including phenoxy) is 2. The normalized spacial score (nSPS) is 25.4. The van der Waals surface area contributed by atoms with Crippen LogP contribution >= 0.6 is 27.7 Å². The number of thioether (sulfide) groups is 1. The van der Waals surface area contributed by atoms with Crippen molar-refractivity contribution in [1.82, 2.24) is 5.32 Å². The Hall–Kier alpha value is -0.920. The van der Waals surface area contributed by atoms with Gasteiger partial charge in [0.25, 0.3) is 0 Å². The van der Waals surface area contributed by atoms with Gasteiger partial charge in [0.15, 0.2) is 11.5 Å². The number of rotatable bonds is 2. The number of carbonyl (C=O) groups is 1. The lowest BCUT2D eigenvalue weighted by Crippen LogP contribution is -2.33. The van der Waals surface area contributed by atoms with Crippen molar-refractivity contribution in [2.24, 2.45) is 0 Å². The molecule has 2 heterocycles. The van der Waals surface area contributed by atoms with Crippen molar-refractivity contribution in [1.29, 1.82) is 0 Å². The lowest BCUT2D eigenvalue weighted by Gasteiger charge is -2.12. The van der Waals surface area contributed by atoms with E-state index in [1.807, 2.05) is 12.1 Å². The predicted molar refractivity (Wildman–Crippen MR) is 70.0 cm³/mol. The number of hydrogen-bond donors (Lipinski definition) is 2. The molecular formula is C11H10BrNO4S. The Balaban J connectivity index is 1.86. The van der Waals surface area contributed by atoms with E-state index in [9.17, 15) is 4.79 Å². The van der Waals surface area contributed by atoms with Crippen LogP contribution in [-0.2, 0) is 4.79 Å². The SMILES string of the molecule is O=C(O)[C@H]1CSC(c2cc(Br)c3c(c2)OCO3)N1. The zero-order chi connectivity index (χ0) is 12.7. The van der Waals surface area contributed by atoms with Crippen LogP contribution in [0.2, 0.25) is 0 Å². The molecule has 2 aliphatic rings. The van der Waals surface area contributed by atoms with Gasteiger partial charge >= 0.3 is 5.97 Å². The van der Waals surface area contributed by atoms with Gasteiger partial charge in [-0.3, -0.25) is 10.1 Å². The van der Waals surface area contributed by atoms with Gasteiger partial charge in [-0.1, -0.05) is 0 Å². The Bertz CT molecular complexity index is 510. The molecule has 2 aliphatic heterocycles. The van der Waals surface area contributed by atoms with Crippen LogP contribution in [-0.4, -0.2) is 29.7 Å². The molecule has 0 aliphatic carbocycles. The molecule has 1 unspecified atom stereocenters. The molecule has 1 saturated heterocycles. The van der Waals surface area contributed by atoms with Gasteiger partial charge in [0.1, 0.15) is 6.04 Å². The van der Waals surface area contributed by atoms with E-state index in [1.165, 1.54) is 0 Å². The number of nitrogens with one attached hydrogen (secondary N) is 1. The van der Waals surface area contributed by atoms with Gasteiger partial charge in [0, 0.05) is 5.75 Å². The van der Waals surface area contributed by atoms with Gasteiger partial charge < -0.3 is 14.6 Å². The molecule has 1 aromatic carbocycles. The smallest absolute Gasteiger partial charge is 0.321 e. The van der Waals surface area contributed by atoms with E-state index >= 15 is 0 Å². The maximum atomic E-state index is 10.9. The summed E-state index contributed by atoms with van der Waals surface area (Å²) >= 11 is 5.01. The molecule has 1 fully saturated rings. The number of carboxylic acids is 1. The molecule has 0 bridgehead atoms. The lowest BCUT2D eigenvalue weighted by atomic mass is 10.2. The molecule has 5 nitrogen and oxygen atoms in total. The number of benzene rings is 1. The van der Waals surface area contributed by atoms with E-state index in [1.54, 1.807) is 11.8 Å². The highest BCUT2D eigenvalue weighted by Gasteiger charge is 2.31. The molecule has 2 atom stereocenters. The summed E-state index contributed by atoms with van der Waals surface area (Å²) in [6, 6.07) is 3.33. The van der Waals surface area contributed by atoms with Crippen molar-refractivity contribution >= 4 is 33.7 Å². The maximum Gasteiger partial charge on any atom is 0.321 e. The maximum absolute atomic E-state index is 10.9. The molecule has 0 saturated carbocycles. The van der Waals surface area contributed by atoms with E-state index in [0.717, 1.165) is 10.0 Å². The molecule has 0 radical (unpaired) electrons. The van der Waals surface area contributed by atoms with Crippen LogP contribution in [0.5, 0.6) is 11.5 Å². The largest absolute Gasteiger partial charge is 0.480 e. The van der Waals surface area contributed by atoms with Gasteiger partial charge in [-0.05, 0) is 33.6 Å². The first-order valence-electron chi connectivity index (χ1n) is 5.34. The summed E-state index contributed by atoms with van der Waals surface area (Å²) in [5, 5.41) is 12.0. The van der Waals surface area contributed by atoms with Crippen LogP contribution in [0.1, 0.15) is 10.9 Å². The van der Waals surface area contributed by atoms with Crippen molar-refractivity contribution in [2.45, 2.75) is 11.4 Å². The fourth-order valence-electron chi connectivity index (χ4n) is 1.95. The van der Waals surface area contributed by atoms with Crippen molar-refractivity contribution < 1.29 is 19.4 Å². The highest BCUT2D eigenvalue weighted by atomic mass is 79.9. The van der Waals surface area contributed by atoms with Crippen molar-refractivity contribution in [2.75, 3.05) is 12.5 Å². The highest BCUT2D eigenvalue weighted by Crippen LogP contribution is 2.43. The van der Waals surface area contributed by atoms with Crippen LogP contribution in [0.3, 0.4) is 0 Å². The summed E-state index contributed by atoms with van der Waals surface area (Å²) in [6.07, 6.45) is 0. The number of halogens is 1. The molecule has 3 rings (SSSR count). The third kappa shape index (κ3) is 2.06. The van der Waals surface area contributed by atoms with Crippen molar-refractivity contribution in [3.05, 3.63) is 22.2 Å². The first-order chi connectivity index (χ1) is 8.65. The Morgan fingerprint density at radius 1 is 1.50 bits per heavy atom. The summed E-state index contributed by atoms with van der Waals surface area (Å²) in [7, 11) is 0. The van der Waals surface area contributed by atoms with Crippen LogP contribution < -0.4 is 14.8 Å². The standard InChI is InChI=1S/C11H10BrNO4S/c12-6-1-5(2-8-9(6)17-4-16-8)10-13-7(3-18-10)11(14)15/h1-2,7,10,13H,3-4H2,(H,14,15)/t7-,10?/m1/s1. The molecule has 1 aromatic rings. The first-order valence-corrected chi connectivity index (χ1v) is 7.19. The average molecular weight is 332 g/mol. The summed E-state index contributed by atoms with van der Waals surface area (Å²) in [6.45, 7) is 0.223. The quantitative estimate of drug-likeness (QED) is 0.863. The summed E-state index contributed by atoms with van der Waals surface area (Å²) < 4.78 is 11.5. The molecule has 0 amide bonds. The van der Waals surface area contributed by atoms with Gasteiger partial charge in [-0.15, -0.1) is 11.8 Å². The zero-order valence-electron chi connectivity index (χ0n) is 9.18. The number of carboxylic acid groups (broad SMARTS) is 1. The van der Waals surface area contributed by atoms with E-state index in [2.05, 4.69) is 21.2 Å². The van der Waals surface area contributed by atoms with Gasteiger partial charge in [-0.25, -0.2) is 0 Å². The van der Waals surface area contributed by atoms with Gasteiger partial charge in [-0.2, -0.15) is 0 Å². The lowest BCUT2D eigenvalue weighted by molar-refractivity contribution is -0.138. The van der Waals surface area contributed by atoms with E-state index < -0.39 is 12.0 Å². The Labute approximate surface area is 116 Å². The monoisotopic (exact) mass is 331 g/mol. The third-order valence-corrected chi connectivity index (χ3v) is 4.69. The molecule has 0 spiro atoms. The Morgan fingerprint density at radius 3 is 3.06 bits per heavy atom. The molecule has 2 N–H and O–H groups in total. The zero-order valence-corrected chi connectivity index (χ0v) is 11.6. The summed E-state index contributed by atoms with van der Waals surface area (Å²) in [5.41, 5.74) is 0.986. The number of hydrogen-bond acceptors (Lipinski definition) is 5. The summed E-state index contributed by atoms with van der Waals surface area (Å²) in [5.74, 6) is 1.15. The van der Waals surface area contributed by atoms with Gasteiger partial charge in [0.2, 0.25) is 6.79 Å². The topological polar surface area (TPSA) is 67.8 Å². The van der Waals surface area contributed by atoms with E-state index in [0.29, 0.717) is 17.3 Å². The van der Waals surface area contributed by atoms with Crippen LogP contribution in [0, 0.1) is 0 Å². The molecule has 7 heteroatoms. The number of fused-ring (bicyclic) bond motifs is 1. The average Bonchev–Trinajstić information content (AvgIpc) is 2.97. The van der Waals surface area contributed by atoms with Gasteiger partial charge in [0.05, 0.1) is 9.85 Å². The molecule has 18 heavy (non-hydrogen) atoms. The minimum absolute atomic E-state index is 0.0306. The predicted octanol–water partition coefficient (Wildman–Crippen LogP) is 1.97. The van der Waals surface area contributed by atoms with Crippen LogP contribution in [0.15, 0.2) is 16.6 Å². The second-order valence-electron chi connectivity index (χ2n) is 4.01. The second kappa shape index (κ2) is 4.64. The Kier molecular flexibility index (Phi) is 3.13.